The van der Waals surface area contributed by atoms with E-state index in [-0.39, 0.29) is 0 Å². The van der Waals surface area contributed by atoms with Gasteiger partial charge in [0, 0.05) is 19.5 Å². The van der Waals surface area contributed by atoms with Gasteiger partial charge in [0.2, 0.25) is 0 Å². The predicted molar refractivity (Wildman–Crippen MR) is 104 cm³/mol. The number of ether oxygens (including phenoxy) is 1. The summed E-state index contributed by atoms with van der Waals surface area (Å²) in [5.74, 6) is 0. The van der Waals surface area contributed by atoms with Crippen LogP contribution in [0.3, 0.4) is 0 Å². The van der Waals surface area contributed by atoms with E-state index in [1.54, 1.807) is 4.90 Å². The Balaban J connectivity index is 1.50. The summed E-state index contributed by atoms with van der Waals surface area (Å²) in [5, 5.41) is 7.42. The minimum atomic E-state index is 0.785. The van der Waals surface area contributed by atoms with Crippen molar-refractivity contribution >= 4 is 17.3 Å². The fraction of sp³-hybridized carbons (Fsp3) is 0.632. The van der Waals surface area contributed by atoms with Gasteiger partial charge in [-0.1, -0.05) is 23.8 Å². The Hall–Kier alpha value is -1.17. The van der Waals surface area contributed by atoms with Gasteiger partial charge < -0.3 is 20.3 Å². The van der Waals surface area contributed by atoms with Crippen LogP contribution >= 0.6 is 12.2 Å². The minimum absolute atomic E-state index is 0.785. The number of hydrogen-bond donors (Lipinski definition) is 3. The Kier molecular flexibility index (Phi) is 8.50. The van der Waals surface area contributed by atoms with E-state index in [1.807, 2.05) is 0 Å². The number of hydrogen-bond acceptors (Lipinski definition) is 2. The molecule has 5 heteroatoms. The zero-order valence-corrected chi connectivity index (χ0v) is 15.9. The third-order valence-corrected chi connectivity index (χ3v) is 4.89. The van der Waals surface area contributed by atoms with E-state index >= 15 is 0 Å². The van der Waals surface area contributed by atoms with Gasteiger partial charge in [-0.3, -0.25) is 0 Å². The summed E-state index contributed by atoms with van der Waals surface area (Å²) in [6, 6.07) is 6.69. The van der Waals surface area contributed by atoms with Crippen molar-refractivity contribution in [2.45, 2.75) is 33.1 Å². The summed E-state index contributed by atoms with van der Waals surface area (Å²) in [6.45, 7) is 11.5. The molecule has 0 radical (unpaired) electrons. The molecule has 0 saturated carbocycles. The zero-order chi connectivity index (χ0) is 17.2. The SMILES string of the molecule is Cc1ccc(CCCNC(=S)NCCC[NH+]2CCOCC2)c(C)c1. The van der Waals surface area contributed by atoms with Crippen molar-refractivity contribution in [3.8, 4) is 0 Å². The fourth-order valence-electron chi connectivity index (χ4n) is 3.12. The number of rotatable bonds is 8. The third-order valence-electron chi connectivity index (χ3n) is 4.60. The topological polar surface area (TPSA) is 37.7 Å². The molecule has 1 fully saturated rings. The van der Waals surface area contributed by atoms with Crippen molar-refractivity contribution in [3.63, 3.8) is 0 Å². The molecule has 0 unspecified atom stereocenters. The Morgan fingerprint density at radius 2 is 1.83 bits per heavy atom. The Morgan fingerprint density at radius 3 is 2.54 bits per heavy atom. The van der Waals surface area contributed by atoms with E-state index in [0.29, 0.717) is 0 Å². The minimum Gasteiger partial charge on any atom is -0.370 e. The summed E-state index contributed by atoms with van der Waals surface area (Å²) in [6.07, 6.45) is 3.35. The predicted octanol–water partition coefficient (Wildman–Crippen LogP) is 1.01. The van der Waals surface area contributed by atoms with Crippen molar-refractivity contribution in [1.29, 1.82) is 0 Å². The molecule has 4 nitrogen and oxygen atoms in total. The lowest BCUT2D eigenvalue weighted by Crippen LogP contribution is -3.14. The summed E-state index contributed by atoms with van der Waals surface area (Å²) >= 11 is 5.35. The first kappa shape index (κ1) is 19.2. The number of thiocarbonyl (C=S) groups is 1. The van der Waals surface area contributed by atoms with Crippen LogP contribution in [0.25, 0.3) is 0 Å². The van der Waals surface area contributed by atoms with E-state index < -0.39 is 0 Å². The van der Waals surface area contributed by atoms with Crippen LogP contribution in [0.5, 0.6) is 0 Å². The molecular weight excluding hydrogens is 318 g/mol. The molecule has 2 rings (SSSR count). The molecule has 0 aromatic heterocycles. The van der Waals surface area contributed by atoms with Gasteiger partial charge >= 0.3 is 0 Å². The standard InChI is InChI=1S/C19H31N3OS/c1-16-6-7-18(17(2)15-16)5-3-8-20-19(24)21-9-4-10-22-11-13-23-14-12-22/h6-7,15H,3-5,8-14H2,1-2H3,(H2,20,21,24)/p+1. The van der Waals surface area contributed by atoms with Crippen LogP contribution in [0.15, 0.2) is 18.2 Å². The molecule has 1 saturated heterocycles. The highest BCUT2D eigenvalue weighted by atomic mass is 32.1. The highest BCUT2D eigenvalue weighted by Gasteiger charge is 2.12. The van der Waals surface area contributed by atoms with Crippen molar-refractivity contribution in [2.75, 3.05) is 45.9 Å². The summed E-state index contributed by atoms with van der Waals surface area (Å²) in [7, 11) is 0. The average molecular weight is 351 g/mol. The van der Waals surface area contributed by atoms with Crippen LogP contribution in [-0.2, 0) is 11.2 Å². The monoisotopic (exact) mass is 350 g/mol. The molecule has 0 spiro atoms. The Morgan fingerprint density at radius 1 is 1.12 bits per heavy atom. The first-order chi connectivity index (χ1) is 11.6. The molecule has 0 amide bonds. The summed E-state index contributed by atoms with van der Waals surface area (Å²) < 4.78 is 5.38. The lowest BCUT2D eigenvalue weighted by Gasteiger charge is -2.23. The first-order valence-corrected chi connectivity index (χ1v) is 9.55. The van der Waals surface area contributed by atoms with Gasteiger partial charge in [-0.25, -0.2) is 0 Å². The first-order valence-electron chi connectivity index (χ1n) is 9.14. The maximum absolute atomic E-state index is 5.38. The molecule has 24 heavy (non-hydrogen) atoms. The van der Waals surface area contributed by atoms with Crippen molar-refractivity contribution < 1.29 is 9.64 Å². The molecule has 1 aliphatic rings. The molecular formula is C19H32N3OS+. The van der Waals surface area contributed by atoms with Crippen molar-refractivity contribution in [2.24, 2.45) is 0 Å². The number of benzene rings is 1. The van der Waals surface area contributed by atoms with Crippen molar-refractivity contribution in [3.05, 3.63) is 34.9 Å². The van der Waals surface area contributed by atoms with Gasteiger partial charge in [0.15, 0.2) is 5.11 Å². The molecule has 1 aromatic rings. The van der Waals surface area contributed by atoms with E-state index in [1.165, 1.54) is 23.2 Å². The summed E-state index contributed by atoms with van der Waals surface area (Å²) in [5.41, 5.74) is 4.16. The number of nitrogens with one attached hydrogen (secondary N) is 3. The molecule has 0 bridgehead atoms. The van der Waals surface area contributed by atoms with Gasteiger partial charge in [-0.2, -0.15) is 0 Å². The average Bonchev–Trinajstić information content (AvgIpc) is 2.58. The molecule has 3 N–H and O–H groups in total. The largest absolute Gasteiger partial charge is 0.370 e. The van der Waals surface area contributed by atoms with Crippen LogP contribution in [0.1, 0.15) is 29.5 Å². The molecule has 1 heterocycles. The van der Waals surface area contributed by atoms with Crippen molar-refractivity contribution in [1.82, 2.24) is 10.6 Å². The molecule has 0 aliphatic carbocycles. The van der Waals surface area contributed by atoms with Gasteiger partial charge in [0.1, 0.15) is 13.1 Å². The second-order valence-corrected chi connectivity index (χ2v) is 7.09. The molecule has 0 atom stereocenters. The number of quaternary nitrogens is 1. The number of morpholine rings is 1. The maximum atomic E-state index is 5.38. The Labute approximate surface area is 152 Å². The summed E-state index contributed by atoms with van der Waals surface area (Å²) in [4.78, 5) is 1.65. The van der Waals surface area contributed by atoms with E-state index in [9.17, 15) is 0 Å². The molecule has 134 valence electrons. The smallest absolute Gasteiger partial charge is 0.166 e. The van der Waals surface area contributed by atoms with Crippen LogP contribution < -0.4 is 15.5 Å². The van der Waals surface area contributed by atoms with E-state index in [0.717, 1.165) is 63.8 Å². The van der Waals surface area contributed by atoms with Crippen LogP contribution in [0.2, 0.25) is 0 Å². The Bertz CT molecular complexity index is 515. The molecule has 1 aromatic carbocycles. The van der Waals surface area contributed by atoms with Gasteiger partial charge in [0.05, 0.1) is 19.8 Å². The lowest BCUT2D eigenvalue weighted by atomic mass is 10.0. The lowest BCUT2D eigenvalue weighted by molar-refractivity contribution is -0.908. The second kappa shape index (κ2) is 10.6. The highest BCUT2D eigenvalue weighted by molar-refractivity contribution is 7.80. The van der Waals surface area contributed by atoms with Gasteiger partial charge in [0.25, 0.3) is 0 Å². The zero-order valence-electron chi connectivity index (χ0n) is 15.1. The highest BCUT2D eigenvalue weighted by Crippen LogP contribution is 2.12. The second-order valence-electron chi connectivity index (χ2n) is 6.68. The van der Waals surface area contributed by atoms with E-state index in [4.69, 9.17) is 17.0 Å². The van der Waals surface area contributed by atoms with Crippen LogP contribution in [0.4, 0.5) is 0 Å². The van der Waals surface area contributed by atoms with Gasteiger partial charge in [-0.15, -0.1) is 0 Å². The van der Waals surface area contributed by atoms with E-state index in [2.05, 4.69) is 42.7 Å². The van der Waals surface area contributed by atoms with Crippen LogP contribution in [0, 0.1) is 13.8 Å². The quantitative estimate of drug-likeness (QED) is 0.483. The van der Waals surface area contributed by atoms with Gasteiger partial charge in [-0.05, 0) is 50.0 Å². The third kappa shape index (κ3) is 7.16. The molecule has 1 aliphatic heterocycles. The van der Waals surface area contributed by atoms with Crippen LogP contribution in [-0.4, -0.2) is 51.0 Å². The number of aryl methyl sites for hydroxylation is 3. The normalized spacial score (nSPS) is 15.2. The fourth-order valence-corrected chi connectivity index (χ4v) is 3.32. The maximum Gasteiger partial charge on any atom is 0.166 e.